The molecule has 0 radical (unpaired) electrons. The van der Waals surface area contributed by atoms with E-state index in [1.54, 1.807) is 13.8 Å². The SMILES string of the molecule is CCOC(=O)C(CCCBr)(OCC1CCN(C(C)C)CC1)C(=O)OCC. The van der Waals surface area contributed by atoms with Crippen LogP contribution in [-0.2, 0) is 23.8 Å². The van der Waals surface area contributed by atoms with Crippen molar-refractivity contribution in [1.82, 2.24) is 4.90 Å². The maximum absolute atomic E-state index is 12.6. The van der Waals surface area contributed by atoms with E-state index in [4.69, 9.17) is 14.2 Å². The Bertz CT molecular complexity index is 418. The third kappa shape index (κ3) is 6.50. The fourth-order valence-corrected chi connectivity index (χ4v) is 3.47. The molecule has 1 heterocycles. The number of rotatable bonds is 11. The van der Waals surface area contributed by atoms with Crippen molar-refractivity contribution in [1.29, 1.82) is 0 Å². The topological polar surface area (TPSA) is 65.1 Å². The van der Waals surface area contributed by atoms with E-state index in [-0.39, 0.29) is 19.6 Å². The Morgan fingerprint density at radius 3 is 2.08 bits per heavy atom. The zero-order valence-electron chi connectivity index (χ0n) is 16.6. The molecular formula is C19H34BrNO5. The Morgan fingerprint density at radius 1 is 1.12 bits per heavy atom. The molecule has 0 aromatic carbocycles. The summed E-state index contributed by atoms with van der Waals surface area (Å²) in [6, 6.07) is 0.536. The highest BCUT2D eigenvalue weighted by Gasteiger charge is 2.50. The number of carbonyl (C=O) groups excluding carboxylic acids is 2. The number of hydrogen-bond acceptors (Lipinski definition) is 6. The van der Waals surface area contributed by atoms with E-state index >= 15 is 0 Å². The van der Waals surface area contributed by atoms with Gasteiger partial charge in [0.25, 0.3) is 5.60 Å². The summed E-state index contributed by atoms with van der Waals surface area (Å²) in [4.78, 5) is 27.7. The minimum atomic E-state index is -1.66. The van der Waals surface area contributed by atoms with Crippen LogP contribution in [0, 0.1) is 5.92 Å². The van der Waals surface area contributed by atoms with Crippen molar-refractivity contribution in [2.45, 2.75) is 65.0 Å². The number of esters is 2. The normalized spacial score (nSPS) is 16.7. The van der Waals surface area contributed by atoms with Crippen LogP contribution >= 0.6 is 15.9 Å². The van der Waals surface area contributed by atoms with Crippen LogP contribution in [-0.4, -0.2) is 66.7 Å². The van der Waals surface area contributed by atoms with Crippen LogP contribution in [0.4, 0.5) is 0 Å². The van der Waals surface area contributed by atoms with E-state index in [2.05, 4.69) is 34.7 Å². The smallest absolute Gasteiger partial charge is 0.350 e. The number of ether oxygens (including phenoxy) is 3. The van der Waals surface area contributed by atoms with Crippen molar-refractivity contribution >= 4 is 27.9 Å². The number of carbonyl (C=O) groups is 2. The molecule has 1 aliphatic heterocycles. The summed E-state index contributed by atoms with van der Waals surface area (Å²) in [6.07, 6.45) is 2.86. The fourth-order valence-electron chi connectivity index (χ4n) is 3.18. The minimum Gasteiger partial charge on any atom is -0.463 e. The highest BCUT2D eigenvalue weighted by molar-refractivity contribution is 9.09. The molecule has 1 aliphatic rings. The first-order valence-corrected chi connectivity index (χ1v) is 10.8. The van der Waals surface area contributed by atoms with Crippen molar-refractivity contribution in [2.75, 3.05) is 38.2 Å². The molecule has 0 aromatic rings. The Kier molecular flexibility index (Phi) is 10.7. The van der Waals surface area contributed by atoms with Crippen molar-refractivity contribution in [2.24, 2.45) is 5.92 Å². The Morgan fingerprint density at radius 2 is 1.65 bits per heavy atom. The van der Waals surface area contributed by atoms with Gasteiger partial charge in [0.1, 0.15) is 0 Å². The number of piperidine rings is 1. The summed E-state index contributed by atoms with van der Waals surface area (Å²) in [6.45, 7) is 10.6. The van der Waals surface area contributed by atoms with E-state index in [1.807, 2.05) is 0 Å². The number of nitrogens with zero attached hydrogens (tertiary/aromatic N) is 1. The van der Waals surface area contributed by atoms with E-state index in [1.165, 1.54) is 0 Å². The number of alkyl halides is 1. The quantitative estimate of drug-likeness (QED) is 0.282. The second-order valence-electron chi connectivity index (χ2n) is 6.94. The molecule has 152 valence electrons. The standard InChI is InChI=1S/C19H34BrNO5/c1-5-24-17(22)19(10-7-11-20,18(23)25-6-2)26-14-16-8-12-21(13-9-16)15(3)4/h15-16H,5-14H2,1-4H3. The van der Waals surface area contributed by atoms with Gasteiger partial charge in [-0.3, -0.25) is 0 Å². The molecule has 7 heteroatoms. The summed E-state index contributed by atoms with van der Waals surface area (Å²) in [5.41, 5.74) is -1.66. The van der Waals surface area contributed by atoms with E-state index in [9.17, 15) is 9.59 Å². The van der Waals surface area contributed by atoms with E-state index in [0.29, 0.717) is 30.3 Å². The first-order valence-electron chi connectivity index (χ1n) is 9.69. The van der Waals surface area contributed by atoms with Gasteiger partial charge >= 0.3 is 11.9 Å². The molecule has 0 spiro atoms. The van der Waals surface area contributed by atoms with Crippen molar-refractivity contribution in [3.8, 4) is 0 Å². The summed E-state index contributed by atoms with van der Waals surface area (Å²) in [5.74, 6) is -0.949. The average molecular weight is 436 g/mol. The third-order valence-electron chi connectivity index (χ3n) is 4.82. The average Bonchev–Trinajstić information content (AvgIpc) is 2.62. The molecule has 26 heavy (non-hydrogen) atoms. The maximum atomic E-state index is 12.6. The summed E-state index contributed by atoms with van der Waals surface area (Å²) in [5, 5.41) is 0.670. The van der Waals surface area contributed by atoms with Gasteiger partial charge in [0.05, 0.1) is 19.8 Å². The molecular weight excluding hydrogens is 402 g/mol. The van der Waals surface area contributed by atoms with Crippen LogP contribution in [0.1, 0.15) is 53.4 Å². The zero-order chi connectivity index (χ0) is 19.6. The highest BCUT2D eigenvalue weighted by atomic mass is 79.9. The van der Waals surface area contributed by atoms with Gasteiger partial charge in [-0.05, 0) is 72.4 Å². The molecule has 0 aliphatic carbocycles. The third-order valence-corrected chi connectivity index (χ3v) is 5.38. The van der Waals surface area contributed by atoms with Gasteiger partial charge < -0.3 is 19.1 Å². The lowest BCUT2D eigenvalue weighted by Crippen LogP contribution is -2.52. The van der Waals surface area contributed by atoms with Crippen molar-refractivity contribution in [3.63, 3.8) is 0 Å². The van der Waals surface area contributed by atoms with Gasteiger partial charge in [-0.15, -0.1) is 0 Å². The maximum Gasteiger partial charge on any atom is 0.350 e. The zero-order valence-corrected chi connectivity index (χ0v) is 18.2. The summed E-state index contributed by atoms with van der Waals surface area (Å²) < 4.78 is 16.4. The van der Waals surface area contributed by atoms with Crippen LogP contribution < -0.4 is 0 Å². The second kappa shape index (κ2) is 11.9. The first kappa shape index (κ1) is 23.4. The number of likely N-dealkylation sites (tertiary alicyclic amines) is 1. The largest absolute Gasteiger partial charge is 0.463 e. The molecule has 1 fully saturated rings. The molecule has 0 amide bonds. The molecule has 0 bridgehead atoms. The molecule has 0 atom stereocenters. The van der Waals surface area contributed by atoms with E-state index < -0.39 is 17.5 Å². The molecule has 6 nitrogen and oxygen atoms in total. The van der Waals surface area contributed by atoms with Gasteiger partial charge in [0, 0.05) is 11.4 Å². The molecule has 0 saturated carbocycles. The van der Waals surface area contributed by atoms with Gasteiger partial charge in [-0.1, -0.05) is 15.9 Å². The monoisotopic (exact) mass is 435 g/mol. The second-order valence-corrected chi connectivity index (χ2v) is 7.74. The van der Waals surface area contributed by atoms with Gasteiger partial charge in [-0.25, -0.2) is 9.59 Å². The predicted octanol–water partition coefficient (Wildman–Crippen LogP) is 3.16. The molecule has 0 N–H and O–H groups in total. The lowest BCUT2D eigenvalue weighted by atomic mass is 9.94. The highest BCUT2D eigenvalue weighted by Crippen LogP contribution is 2.27. The first-order chi connectivity index (χ1) is 12.4. The lowest BCUT2D eigenvalue weighted by Gasteiger charge is -2.36. The van der Waals surface area contributed by atoms with Crippen LogP contribution in [0.15, 0.2) is 0 Å². The van der Waals surface area contributed by atoms with Crippen LogP contribution in [0.3, 0.4) is 0 Å². The van der Waals surface area contributed by atoms with Crippen molar-refractivity contribution in [3.05, 3.63) is 0 Å². The Labute approximate surface area is 166 Å². The van der Waals surface area contributed by atoms with Gasteiger partial charge in [0.15, 0.2) is 0 Å². The van der Waals surface area contributed by atoms with Gasteiger partial charge in [-0.2, -0.15) is 0 Å². The summed E-state index contributed by atoms with van der Waals surface area (Å²) >= 11 is 3.36. The summed E-state index contributed by atoms with van der Waals surface area (Å²) in [7, 11) is 0. The molecule has 1 rings (SSSR count). The minimum absolute atomic E-state index is 0.199. The molecule has 0 unspecified atom stereocenters. The van der Waals surface area contributed by atoms with Crippen molar-refractivity contribution < 1.29 is 23.8 Å². The predicted molar refractivity (Wildman–Crippen MR) is 104 cm³/mol. The number of hydrogen-bond donors (Lipinski definition) is 0. The van der Waals surface area contributed by atoms with Crippen LogP contribution in [0.25, 0.3) is 0 Å². The lowest BCUT2D eigenvalue weighted by molar-refractivity contribution is -0.194. The molecule has 0 aromatic heterocycles. The van der Waals surface area contributed by atoms with Crippen LogP contribution in [0.5, 0.6) is 0 Å². The fraction of sp³-hybridized carbons (Fsp3) is 0.895. The van der Waals surface area contributed by atoms with E-state index in [0.717, 1.165) is 25.9 Å². The number of halogens is 1. The molecule has 1 saturated heterocycles. The van der Waals surface area contributed by atoms with Crippen LogP contribution in [0.2, 0.25) is 0 Å². The Balaban J connectivity index is 2.82. The Hall–Kier alpha value is -0.660. The van der Waals surface area contributed by atoms with Gasteiger partial charge in [0.2, 0.25) is 0 Å².